The molecule has 1 aliphatic carbocycles. The first kappa shape index (κ1) is 15.8. The van der Waals surface area contributed by atoms with E-state index in [0.29, 0.717) is 0 Å². The normalized spacial score (nSPS) is 22.5. The van der Waals surface area contributed by atoms with E-state index < -0.39 is 39.7 Å². The summed E-state index contributed by atoms with van der Waals surface area (Å²) in [5.41, 5.74) is 4.17. The van der Waals surface area contributed by atoms with Crippen molar-refractivity contribution in [1.82, 2.24) is 4.90 Å². The summed E-state index contributed by atoms with van der Waals surface area (Å²) in [4.78, 5) is 15.5. The molecule has 1 unspecified atom stereocenters. The Morgan fingerprint density at radius 1 is 0.957 bits per heavy atom. The zero-order valence-corrected chi connectivity index (χ0v) is 17.9. The molecule has 1 saturated heterocycles. The summed E-state index contributed by atoms with van der Waals surface area (Å²) in [5.74, 6) is 0.212. The van der Waals surface area contributed by atoms with E-state index in [4.69, 9.17) is 0 Å². The Labute approximate surface area is 159 Å². The Morgan fingerprint density at radius 3 is 2.43 bits per heavy atom. The van der Waals surface area contributed by atoms with Crippen molar-refractivity contribution < 1.29 is 44.5 Å². The van der Waals surface area contributed by atoms with Gasteiger partial charge in [0, 0.05) is 0 Å². The van der Waals surface area contributed by atoms with Crippen LogP contribution in [-0.2, 0) is 0 Å². The molecule has 1 heterocycles. The molecule has 2 aromatic carbocycles. The van der Waals surface area contributed by atoms with Gasteiger partial charge < -0.3 is 0 Å². The molecule has 1 fully saturated rings. The van der Waals surface area contributed by atoms with Gasteiger partial charge in [0.25, 0.3) is 0 Å². The molecule has 23 heavy (non-hydrogen) atoms. The Morgan fingerprint density at radius 2 is 1.65 bits per heavy atom. The van der Waals surface area contributed by atoms with E-state index in [-0.39, 0.29) is 11.8 Å². The second-order valence-corrected chi connectivity index (χ2v) is 13.3. The summed E-state index contributed by atoms with van der Waals surface area (Å²) >= 11 is -0.532. The van der Waals surface area contributed by atoms with Crippen LogP contribution in [0.4, 0.5) is 0 Å². The monoisotopic (exact) mass is 516 g/mol. The number of hydrogen-bond donors (Lipinski definition) is 0. The molecule has 2 aromatic rings. The summed E-state index contributed by atoms with van der Waals surface area (Å²) in [6, 6.07) is 18.6. The van der Waals surface area contributed by atoms with Crippen LogP contribution in [0.1, 0.15) is 27.5 Å². The number of nitrogens with zero attached hydrogens (tertiary/aromatic N) is 1. The van der Waals surface area contributed by atoms with Gasteiger partial charge in [-0.1, -0.05) is 0 Å². The summed E-state index contributed by atoms with van der Waals surface area (Å²) in [6.07, 6.45) is 2.10. The van der Waals surface area contributed by atoms with E-state index in [9.17, 15) is 4.79 Å². The Kier molecular flexibility index (Phi) is 4.81. The van der Waals surface area contributed by atoms with Crippen LogP contribution >= 0.6 is 0 Å². The van der Waals surface area contributed by atoms with Gasteiger partial charge in [-0.15, -0.1) is 0 Å². The number of ketones is 1. The second-order valence-electron chi connectivity index (χ2n) is 6.23. The average molecular weight is 516 g/mol. The Hall–Kier alpha value is -0.748. The van der Waals surface area contributed by atoms with Crippen LogP contribution in [0.25, 0.3) is 6.08 Å². The van der Waals surface area contributed by atoms with Crippen LogP contribution in [0.3, 0.4) is 0 Å². The molecule has 0 amide bonds. The van der Waals surface area contributed by atoms with E-state index in [1.165, 1.54) is 21.9 Å². The van der Waals surface area contributed by atoms with E-state index in [1.54, 1.807) is 0 Å². The zero-order chi connectivity index (χ0) is 15.6. The average Bonchev–Trinajstić information content (AvgIpc) is 2.89. The van der Waals surface area contributed by atoms with Crippen LogP contribution in [0.5, 0.6) is 0 Å². The predicted molar refractivity (Wildman–Crippen MR) is 89.1 cm³/mol. The number of fused-ring (bicyclic) bond motifs is 1. The van der Waals surface area contributed by atoms with Gasteiger partial charge in [-0.3, -0.25) is 0 Å². The van der Waals surface area contributed by atoms with Crippen molar-refractivity contribution in [3.63, 3.8) is 0 Å². The molecule has 4 rings (SSSR count). The molecule has 0 aromatic heterocycles. The molecule has 2 nitrogen and oxygen atoms in total. The number of Topliss-reactive ketones (excluding diaryl/α,β-unsaturated/α-hetero) is 1. The van der Waals surface area contributed by atoms with E-state index in [0.717, 1.165) is 16.7 Å². The molecule has 3 heteroatoms. The third kappa shape index (κ3) is 3.12. The summed E-state index contributed by atoms with van der Waals surface area (Å²) in [5, 5.41) is 0. The van der Waals surface area contributed by atoms with E-state index in [2.05, 4.69) is 35.2 Å². The number of carbonyl (C=O) groups is 1. The molecular formula is C20H19AcNO. The SMILES string of the molecule is O=C1/C(=C/c2ccccc2)C(N2C[CH2][Ac][CH2]C2)c2ccccc21. The molecule has 0 N–H and O–H groups in total. The van der Waals surface area contributed by atoms with Crippen molar-refractivity contribution in [1.29, 1.82) is 0 Å². The van der Waals surface area contributed by atoms with Gasteiger partial charge in [0.1, 0.15) is 0 Å². The van der Waals surface area contributed by atoms with Crippen LogP contribution in [-0.4, -0.2) is 23.8 Å². The summed E-state index contributed by atoms with van der Waals surface area (Å²) < 4.78 is 2.89. The third-order valence-electron chi connectivity index (χ3n) is 4.78. The zero-order valence-electron chi connectivity index (χ0n) is 13.1. The van der Waals surface area contributed by atoms with Gasteiger partial charge >= 0.3 is 160 Å². The van der Waals surface area contributed by atoms with Gasteiger partial charge in [-0.2, -0.15) is 0 Å². The standard InChI is InChI=1S/C20H19NO.Ac/c1-3-21(4-2)19-16-12-8-9-13-17(16)20(22)18(19)14-15-10-6-5-7-11-15;/h5-14,19H,1-4H2;/b18-14+;. The van der Waals surface area contributed by atoms with Crippen molar-refractivity contribution in [2.75, 3.05) is 13.1 Å². The quantitative estimate of drug-likeness (QED) is 0.557. The number of carbonyl (C=O) groups excluding carboxylic acids is 1. The van der Waals surface area contributed by atoms with Gasteiger partial charge in [0.2, 0.25) is 0 Å². The maximum atomic E-state index is 13.0. The Bertz CT molecular complexity index is 747. The first-order chi connectivity index (χ1) is 11.3. The number of benzene rings is 2. The molecule has 0 bridgehead atoms. The minimum absolute atomic E-state index is 0.159. The maximum absolute atomic E-state index is 13.0. The number of rotatable bonds is 2. The van der Waals surface area contributed by atoms with Crippen LogP contribution in [0.2, 0.25) is 3.20 Å². The first-order valence-corrected chi connectivity index (χ1v) is 15.0. The van der Waals surface area contributed by atoms with Crippen molar-refractivity contribution >= 4 is 11.9 Å². The Balaban J connectivity index is 1.80. The molecular weight excluding hydrogens is 497 g/mol. The fraction of sp³-hybridized carbons (Fsp3) is 0.250. The molecule has 113 valence electrons. The number of hydrogen-bond acceptors (Lipinski definition) is 2. The van der Waals surface area contributed by atoms with Gasteiger partial charge in [0.05, 0.1) is 0 Å². The third-order valence-corrected chi connectivity index (χ3v) is 10.3. The molecule has 2 aliphatic rings. The predicted octanol–water partition coefficient (Wildman–Crippen LogP) is 4.24. The van der Waals surface area contributed by atoms with Crippen molar-refractivity contribution in [3.05, 3.63) is 76.9 Å². The fourth-order valence-corrected chi connectivity index (χ4v) is 9.10. The molecule has 1 atom stereocenters. The topological polar surface area (TPSA) is 20.3 Å². The van der Waals surface area contributed by atoms with E-state index >= 15 is 0 Å². The molecule has 1 aliphatic heterocycles. The second kappa shape index (κ2) is 7.01. The van der Waals surface area contributed by atoms with Gasteiger partial charge in [-0.25, -0.2) is 0 Å². The molecule has 0 radical (unpaired) electrons. The molecule has 0 saturated carbocycles. The molecule has 0 spiro atoms. The van der Waals surface area contributed by atoms with Crippen LogP contribution in [0.15, 0.2) is 60.2 Å². The summed E-state index contributed by atoms with van der Waals surface area (Å²) in [7, 11) is 0. The first-order valence-electron chi connectivity index (χ1n) is 8.30. The van der Waals surface area contributed by atoms with Crippen LogP contribution < -0.4 is 0 Å². The summed E-state index contributed by atoms with van der Waals surface area (Å²) in [6.45, 7) is 2.36. The minimum atomic E-state index is -0.532. The van der Waals surface area contributed by atoms with Crippen LogP contribution in [0, 0.1) is 39.7 Å². The van der Waals surface area contributed by atoms with E-state index in [1.807, 2.05) is 30.3 Å². The van der Waals surface area contributed by atoms with Crippen molar-refractivity contribution in [3.8, 4) is 0 Å². The van der Waals surface area contributed by atoms with Gasteiger partial charge in [0.15, 0.2) is 0 Å². The van der Waals surface area contributed by atoms with Crippen molar-refractivity contribution in [2.24, 2.45) is 0 Å². The fourth-order valence-electron chi connectivity index (χ4n) is 3.68. The van der Waals surface area contributed by atoms with Gasteiger partial charge in [-0.05, 0) is 0 Å². The van der Waals surface area contributed by atoms with Crippen molar-refractivity contribution in [2.45, 2.75) is 9.24 Å².